The van der Waals surface area contributed by atoms with Crippen LogP contribution in [0.3, 0.4) is 0 Å². The van der Waals surface area contributed by atoms with Crippen LogP contribution in [0.2, 0.25) is 0 Å². The van der Waals surface area contributed by atoms with Crippen LogP contribution in [0, 0.1) is 6.92 Å². The maximum absolute atomic E-state index is 11.8. The summed E-state index contributed by atoms with van der Waals surface area (Å²) in [4.78, 5) is 23.0. The number of carbonyl (C=O) groups excluding carboxylic acids is 1. The number of carbonyl (C=O) groups is 2. The van der Waals surface area contributed by atoms with Crippen molar-refractivity contribution in [3.8, 4) is 0 Å². The number of para-hydroxylation sites is 1. The number of amides is 2. The zero-order valence-electron chi connectivity index (χ0n) is 11.6. The Labute approximate surface area is 121 Å². The number of benzene rings is 1. The van der Waals surface area contributed by atoms with Crippen molar-refractivity contribution >= 4 is 17.7 Å². The molecule has 0 aliphatic carbocycles. The van der Waals surface area contributed by atoms with Crippen LogP contribution in [0.5, 0.6) is 0 Å². The van der Waals surface area contributed by atoms with Crippen LogP contribution in [-0.4, -0.2) is 23.7 Å². The van der Waals surface area contributed by atoms with E-state index in [4.69, 9.17) is 9.52 Å². The molecular formula is C15H16N2O4. The molecular weight excluding hydrogens is 272 g/mol. The fraction of sp³-hybridized carbons (Fsp3) is 0.200. The Morgan fingerprint density at radius 2 is 2.05 bits per heavy atom. The van der Waals surface area contributed by atoms with Gasteiger partial charge in [-0.3, -0.25) is 0 Å². The molecule has 0 radical (unpaired) electrons. The van der Waals surface area contributed by atoms with Gasteiger partial charge in [-0.2, -0.15) is 0 Å². The third-order valence-corrected chi connectivity index (χ3v) is 2.98. The highest BCUT2D eigenvalue weighted by atomic mass is 16.4. The summed E-state index contributed by atoms with van der Waals surface area (Å²) in [6, 6.07) is 7.99. The molecule has 2 aromatic rings. The lowest BCUT2D eigenvalue weighted by molar-refractivity contribution is 0.0698. The maximum atomic E-state index is 11.8. The summed E-state index contributed by atoms with van der Waals surface area (Å²) in [7, 11) is 0. The first-order valence-electron chi connectivity index (χ1n) is 6.48. The van der Waals surface area contributed by atoms with Crippen LogP contribution in [0.4, 0.5) is 10.5 Å². The largest absolute Gasteiger partial charge is 0.478 e. The van der Waals surface area contributed by atoms with Gasteiger partial charge in [-0.05, 0) is 30.7 Å². The number of furan rings is 1. The summed E-state index contributed by atoms with van der Waals surface area (Å²) < 4.78 is 5.15. The van der Waals surface area contributed by atoms with E-state index in [0.29, 0.717) is 24.2 Å². The Bertz CT molecular complexity index is 635. The van der Waals surface area contributed by atoms with Gasteiger partial charge in [-0.25, -0.2) is 9.59 Å². The number of anilines is 1. The lowest BCUT2D eigenvalue weighted by Gasteiger charge is -2.12. The van der Waals surface area contributed by atoms with Crippen molar-refractivity contribution in [1.82, 2.24) is 5.32 Å². The smallest absolute Gasteiger partial charge is 0.337 e. The van der Waals surface area contributed by atoms with Crippen LogP contribution < -0.4 is 10.6 Å². The molecule has 2 rings (SSSR count). The monoisotopic (exact) mass is 288 g/mol. The average molecular weight is 288 g/mol. The minimum absolute atomic E-state index is 0.0659. The summed E-state index contributed by atoms with van der Waals surface area (Å²) in [6.07, 6.45) is 2.14. The molecule has 0 unspecified atom stereocenters. The predicted molar refractivity (Wildman–Crippen MR) is 77.6 cm³/mol. The van der Waals surface area contributed by atoms with Gasteiger partial charge in [0.1, 0.15) is 5.76 Å². The van der Waals surface area contributed by atoms with E-state index in [1.165, 1.54) is 6.07 Å². The average Bonchev–Trinajstić information content (AvgIpc) is 2.94. The Hall–Kier alpha value is -2.76. The topological polar surface area (TPSA) is 91.6 Å². The summed E-state index contributed by atoms with van der Waals surface area (Å²) in [5, 5.41) is 14.4. The van der Waals surface area contributed by atoms with Crippen molar-refractivity contribution in [2.45, 2.75) is 13.3 Å². The first kappa shape index (κ1) is 14.6. The van der Waals surface area contributed by atoms with Crippen LogP contribution in [-0.2, 0) is 6.42 Å². The highest BCUT2D eigenvalue weighted by Crippen LogP contribution is 2.20. The summed E-state index contributed by atoms with van der Waals surface area (Å²) in [5.74, 6) is -0.304. The number of aromatic carboxylic acids is 1. The molecule has 21 heavy (non-hydrogen) atoms. The molecule has 1 heterocycles. The van der Waals surface area contributed by atoms with Crippen molar-refractivity contribution in [2.24, 2.45) is 0 Å². The van der Waals surface area contributed by atoms with E-state index in [1.807, 2.05) is 6.07 Å². The van der Waals surface area contributed by atoms with Crippen LogP contribution >= 0.6 is 0 Å². The minimum atomic E-state index is -1.08. The molecule has 1 aromatic heterocycles. The van der Waals surface area contributed by atoms with E-state index in [-0.39, 0.29) is 5.56 Å². The Morgan fingerprint density at radius 1 is 1.24 bits per heavy atom. The highest BCUT2D eigenvalue weighted by molar-refractivity contribution is 6.00. The van der Waals surface area contributed by atoms with Gasteiger partial charge in [0.05, 0.1) is 17.5 Å². The van der Waals surface area contributed by atoms with E-state index in [2.05, 4.69) is 10.6 Å². The fourth-order valence-corrected chi connectivity index (χ4v) is 1.92. The molecule has 2 amide bonds. The number of hydrogen-bond acceptors (Lipinski definition) is 3. The zero-order valence-corrected chi connectivity index (χ0v) is 11.6. The second-order valence-corrected chi connectivity index (χ2v) is 4.51. The molecule has 0 saturated carbocycles. The molecule has 0 atom stereocenters. The molecule has 0 spiro atoms. The van der Waals surface area contributed by atoms with E-state index in [9.17, 15) is 9.59 Å². The molecule has 6 heteroatoms. The quantitative estimate of drug-likeness (QED) is 0.788. The van der Waals surface area contributed by atoms with E-state index < -0.39 is 12.0 Å². The van der Waals surface area contributed by atoms with Crippen LogP contribution in [0.25, 0.3) is 0 Å². The molecule has 0 aliphatic heterocycles. The van der Waals surface area contributed by atoms with Crippen LogP contribution in [0.1, 0.15) is 21.7 Å². The van der Waals surface area contributed by atoms with Gasteiger partial charge in [0.15, 0.2) is 0 Å². The standard InChI is InChI=1S/C15H16N2O4/c1-10-4-2-6-12(14(18)19)13(10)17-15(20)16-8-7-11-5-3-9-21-11/h2-6,9H,7-8H2,1H3,(H,18,19)(H2,16,17,20). The molecule has 1 aromatic carbocycles. The van der Waals surface area contributed by atoms with Gasteiger partial charge in [0.2, 0.25) is 0 Å². The molecule has 110 valence electrons. The molecule has 0 saturated heterocycles. The predicted octanol–water partition coefficient (Wildman–Crippen LogP) is 2.65. The highest BCUT2D eigenvalue weighted by Gasteiger charge is 2.14. The Kier molecular flexibility index (Phi) is 4.61. The summed E-state index contributed by atoms with van der Waals surface area (Å²) >= 11 is 0. The number of urea groups is 1. The van der Waals surface area contributed by atoms with Crippen LogP contribution in [0.15, 0.2) is 41.0 Å². The number of aryl methyl sites for hydroxylation is 1. The minimum Gasteiger partial charge on any atom is -0.478 e. The normalized spacial score (nSPS) is 10.1. The SMILES string of the molecule is Cc1cccc(C(=O)O)c1NC(=O)NCCc1ccco1. The van der Waals surface area contributed by atoms with Gasteiger partial charge in [0.25, 0.3) is 0 Å². The number of nitrogens with one attached hydrogen (secondary N) is 2. The maximum Gasteiger partial charge on any atom is 0.337 e. The molecule has 0 aliphatic rings. The number of hydrogen-bond donors (Lipinski definition) is 3. The van der Waals surface area contributed by atoms with Gasteiger partial charge in [0, 0.05) is 13.0 Å². The molecule has 0 fully saturated rings. The zero-order chi connectivity index (χ0) is 15.2. The van der Waals surface area contributed by atoms with Crippen molar-refractivity contribution in [3.05, 3.63) is 53.5 Å². The molecule has 3 N–H and O–H groups in total. The van der Waals surface area contributed by atoms with E-state index >= 15 is 0 Å². The first-order chi connectivity index (χ1) is 10.1. The number of rotatable bonds is 5. The summed E-state index contributed by atoms with van der Waals surface area (Å²) in [5.41, 5.74) is 1.06. The first-order valence-corrected chi connectivity index (χ1v) is 6.48. The third kappa shape index (κ3) is 3.85. The second kappa shape index (κ2) is 6.60. The molecule has 6 nitrogen and oxygen atoms in total. The second-order valence-electron chi connectivity index (χ2n) is 4.51. The lowest BCUT2D eigenvalue weighted by Crippen LogP contribution is -2.31. The van der Waals surface area contributed by atoms with E-state index in [1.54, 1.807) is 31.4 Å². The lowest BCUT2D eigenvalue weighted by atomic mass is 10.1. The Balaban J connectivity index is 1.95. The van der Waals surface area contributed by atoms with Crippen molar-refractivity contribution < 1.29 is 19.1 Å². The number of carboxylic acids is 1. The van der Waals surface area contributed by atoms with Gasteiger partial charge >= 0.3 is 12.0 Å². The van der Waals surface area contributed by atoms with Gasteiger partial charge in [-0.1, -0.05) is 12.1 Å². The van der Waals surface area contributed by atoms with Gasteiger partial charge < -0.3 is 20.2 Å². The summed E-state index contributed by atoms with van der Waals surface area (Å²) in [6.45, 7) is 2.14. The van der Waals surface area contributed by atoms with Crippen molar-refractivity contribution in [2.75, 3.05) is 11.9 Å². The fourth-order valence-electron chi connectivity index (χ4n) is 1.92. The molecule has 0 bridgehead atoms. The van der Waals surface area contributed by atoms with Crippen molar-refractivity contribution in [3.63, 3.8) is 0 Å². The third-order valence-electron chi connectivity index (χ3n) is 2.98. The number of carboxylic acid groups (broad SMARTS) is 1. The Morgan fingerprint density at radius 3 is 2.71 bits per heavy atom. The van der Waals surface area contributed by atoms with E-state index in [0.717, 1.165) is 5.76 Å². The van der Waals surface area contributed by atoms with Crippen molar-refractivity contribution in [1.29, 1.82) is 0 Å². The van der Waals surface area contributed by atoms with Gasteiger partial charge in [-0.15, -0.1) is 0 Å².